The zero-order valence-corrected chi connectivity index (χ0v) is 15.3. The molecule has 0 aliphatic rings. The third-order valence-electron chi connectivity index (χ3n) is 4.40. The van der Waals surface area contributed by atoms with E-state index >= 15 is 0 Å². The van der Waals surface area contributed by atoms with Crippen LogP contribution in [-0.4, -0.2) is 22.1 Å². The van der Waals surface area contributed by atoms with Gasteiger partial charge in [0, 0.05) is 22.7 Å². The predicted molar refractivity (Wildman–Crippen MR) is 102 cm³/mol. The molecule has 0 bridgehead atoms. The lowest BCUT2D eigenvalue weighted by Gasteiger charge is -2.14. The van der Waals surface area contributed by atoms with Crippen LogP contribution in [0.4, 0.5) is 0 Å². The Morgan fingerprint density at radius 1 is 1.00 bits per heavy atom. The van der Waals surface area contributed by atoms with E-state index in [4.69, 9.17) is 4.42 Å². The van der Waals surface area contributed by atoms with Crippen LogP contribution in [0.25, 0.3) is 22.9 Å². The third kappa shape index (κ3) is 3.99. The van der Waals surface area contributed by atoms with Gasteiger partial charge in [-0.2, -0.15) is 0 Å². The molecule has 3 rings (SSSR count). The van der Waals surface area contributed by atoms with E-state index < -0.39 is 0 Å². The van der Waals surface area contributed by atoms with Gasteiger partial charge in [0.05, 0.1) is 0 Å². The van der Waals surface area contributed by atoms with Crippen molar-refractivity contribution in [3.05, 3.63) is 59.7 Å². The van der Waals surface area contributed by atoms with E-state index in [1.54, 1.807) is 12.1 Å². The zero-order chi connectivity index (χ0) is 18.5. The molecular formula is C21H23N3O2. The van der Waals surface area contributed by atoms with Gasteiger partial charge in [-0.05, 0) is 56.2 Å². The maximum Gasteiger partial charge on any atom is 0.251 e. The highest BCUT2D eigenvalue weighted by Gasteiger charge is 2.13. The van der Waals surface area contributed by atoms with Crippen LogP contribution >= 0.6 is 0 Å². The minimum absolute atomic E-state index is 0.0590. The van der Waals surface area contributed by atoms with Gasteiger partial charge in [-0.1, -0.05) is 31.5 Å². The van der Waals surface area contributed by atoms with E-state index in [9.17, 15) is 4.79 Å². The quantitative estimate of drug-likeness (QED) is 0.704. The second-order valence-electron chi connectivity index (χ2n) is 6.35. The second-order valence-corrected chi connectivity index (χ2v) is 6.35. The van der Waals surface area contributed by atoms with Crippen LogP contribution in [0.15, 0.2) is 52.9 Å². The van der Waals surface area contributed by atoms with Crippen molar-refractivity contribution in [1.29, 1.82) is 0 Å². The van der Waals surface area contributed by atoms with Crippen LogP contribution < -0.4 is 5.32 Å². The molecule has 0 saturated carbocycles. The standard InChI is InChI=1S/C21H23N3O2/c1-4-18(5-2)22-19(25)15-9-11-16(12-10-15)20-23-24-21(26-20)17-8-6-7-14(3)13-17/h6-13,18H,4-5H2,1-3H3,(H,22,25). The summed E-state index contributed by atoms with van der Waals surface area (Å²) in [5, 5.41) is 11.3. The van der Waals surface area contributed by atoms with Gasteiger partial charge < -0.3 is 9.73 Å². The molecule has 0 radical (unpaired) electrons. The number of nitrogens with zero attached hydrogens (tertiary/aromatic N) is 2. The molecule has 5 nitrogen and oxygen atoms in total. The Morgan fingerprint density at radius 3 is 2.27 bits per heavy atom. The van der Waals surface area contributed by atoms with Gasteiger partial charge >= 0.3 is 0 Å². The number of nitrogens with one attached hydrogen (secondary N) is 1. The van der Waals surface area contributed by atoms with Crippen molar-refractivity contribution in [2.24, 2.45) is 0 Å². The Labute approximate surface area is 153 Å². The average Bonchev–Trinajstić information content (AvgIpc) is 3.16. The van der Waals surface area contributed by atoms with E-state index in [-0.39, 0.29) is 11.9 Å². The summed E-state index contributed by atoms with van der Waals surface area (Å²) in [6.07, 6.45) is 1.84. The van der Waals surface area contributed by atoms with Crippen molar-refractivity contribution in [3.8, 4) is 22.9 Å². The van der Waals surface area contributed by atoms with Crippen molar-refractivity contribution in [1.82, 2.24) is 15.5 Å². The third-order valence-corrected chi connectivity index (χ3v) is 4.40. The average molecular weight is 349 g/mol. The molecule has 0 saturated heterocycles. The van der Waals surface area contributed by atoms with Gasteiger partial charge in [0.25, 0.3) is 5.91 Å². The van der Waals surface area contributed by atoms with Crippen LogP contribution in [0, 0.1) is 6.92 Å². The smallest absolute Gasteiger partial charge is 0.251 e. The fourth-order valence-electron chi connectivity index (χ4n) is 2.76. The molecule has 0 fully saturated rings. The van der Waals surface area contributed by atoms with Gasteiger partial charge in [-0.3, -0.25) is 4.79 Å². The minimum atomic E-state index is -0.0590. The van der Waals surface area contributed by atoms with Crippen molar-refractivity contribution in [3.63, 3.8) is 0 Å². The van der Waals surface area contributed by atoms with Crippen molar-refractivity contribution >= 4 is 5.91 Å². The van der Waals surface area contributed by atoms with Crippen molar-refractivity contribution < 1.29 is 9.21 Å². The van der Waals surface area contributed by atoms with Crippen LogP contribution in [-0.2, 0) is 0 Å². The number of carbonyl (C=O) groups excluding carboxylic acids is 1. The Morgan fingerprint density at radius 2 is 1.65 bits per heavy atom. The van der Waals surface area contributed by atoms with E-state index in [1.807, 2.05) is 43.3 Å². The fourth-order valence-corrected chi connectivity index (χ4v) is 2.76. The summed E-state index contributed by atoms with van der Waals surface area (Å²) in [7, 11) is 0. The molecule has 1 N–H and O–H groups in total. The lowest BCUT2D eigenvalue weighted by Crippen LogP contribution is -2.33. The highest BCUT2D eigenvalue weighted by molar-refractivity contribution is 5.94. The number of amides is 1. The summed E-state index contributed by atoms with van der Waals surface area (Å²) < 4.78 is 5.79. The molecule has 0 atom stereocenters. The maximum atomic E-state index is 12.3. The van der Waals surface area contributed by atoms with Crippen LogP contribution in [0.1, 0.15) is 42.6 Å². The Balaban J connectivity index is 1.76. The Bertz CT molecular complexity index is 880. The summed E-state index contributed by atoms with van der Waals surface area (Å²) in [5.41, 5.74) is 3.44. The maximum absolute atomic E-state index is 12.3. The first-order chi connectivity index (χ1) is 12.6. The molecule has 1 heterocycles. The SMILES string of the molecule is CCC(CC)NC(=O)c1ccc(-c2nnc(-c3cccc(C)c3)o2)cc1. The Hall–Kier alpha value is -2.95. The molecular weight excluding hydrogens is 326 g/mol. The highest BCUT2D eigenvalue weighted by Crippen LogP contribution is 2.24. The van der Waals surface area contributed by atoms with Gasteiger partial charge in [-0.25, -0.2) is 0 Å². The minimum Gasteiger partial charge on any atom is -0.416 e. The number of aryl methyl sites for hydroxylation is 1. The number of hydrogen-bond donors (Lipinski definition) is 1. The van der Waals surface area contributed by atoms with Gasteiger partial charge in [-0.15, -0.1) is 10.2 Å². The van der Waals surface area contributed by atoms with Crippen LogP contribution in [0.3, 0.4) is 0 Å². The molecule has 0 spiro atoms. The topological polar surface area (TPSA) is 68.0 Å². The molecule has 2 aromatic carbocycles. The first-order valence-corrected chi connectivity index (χ1v) is 8.92. The number of aromatic nitrogens is 2. The lowest BCUT2D eigenvalue weighted by molar-refractivity contribution is 0.0935. The molecule has 0 aliphatic carbocycles. The van der Waals surface area contributed by atoms with E-state index in [0.717, 1.165) is 29.5 Å². The fraction of sp³-hybridized carbons (Fsp3) is 0.286. The monoisotopic (exact) mass is 349 g/mol. The number of rotatable bonds is 6. The summed E-state index contributed by atoms with van der Waals surface area (Å²) in [4.78, 5) is 12.3. The number of hydrogen-bond acceptors (Lipinski definition) is 4. The predicted octanol–water partition coefficient (Wildman–Crippen LogP) is 4.63. The molecule has 1 aromatic heterocycles. The molecule has 1 amide bonds. The lowest BCUT2D eigenvalue weighted by atomic mass is 10.1. The molecule has 134 valence electrons. The van der Waals surface area contributed by atoms with Gasteiger partial charge in [0.15, 0.2) is 0 Å². The molecule has 0 aliphatic heterocycles. The summed E-state index contributed by atoms with van der Waals surface area (Å²) >= 11 is 0. The van der Waals surface area contributed by atoms with Gasteiger partial charge in [0.2, 0.25) is 11.8 Å². The van der Waals surface area contributed by atoms with E-state index in [1.165, 1.54) is 0 Å². The summed E-state index contributed by atoms with van der Waals surface area (Å²) in [6, 6.07) is 15.3. The zero-order valence-electron chi connectivity index (χ0n) is 15.3. The number of benzene rings is 2. The summed E-state index contributed by atoms with van der Waals surface area (Å²) in [6.45, 7) is 6.16. The highest BCUT2D eigenvalue weighted by atomic mass is 16.4. The molecule has 3 aromatic rings. The van der Waals surface area contributed by atoms with E-state index in [0.29, 0.717) is 17.3 Å². The van der Waals surface area contributed by atoms with Crippen LogP contribution in [0.2, 0.25) is 0 Å². The number of carbonyl (C=O) groups is 1. The first kappa shape index (κ1) is 17.9. The normalized spacial score (nSPS) is 10.9. The van der Waals surface area contributed by atoms with Crippen LogP contribution in [0.5, 0.6) is 0 Å². The molecule has 5 heteroatoms. The van der Waals surface area contributed by atoms with Crippen molar-refractivity contribution in [2.45, 2.75) is 39.7 Å². The van der Waals surface area contributed by atoms with Gasteiger partial charge in [0.1, 0.15) is 0 Å². The molecule has 0 unspecified atom stereocenters. The summed E-state index contributed by atoms with van der Waals surface area (Å²) in [5.74, 6) is 0.865. The second kappa shape index (κ2) is 7.95. The largest absolute Gasteiger partial charge is 0.416 e. The van der Waals surface area contributed by atoms with E-state index in [2.05, 4.69) is 29.4 Å². The van der Waals surface area contributed by atoms with Crippen molar-refractivity contribution in [2.75, 3.05) is 0 Å². The molecule has 26 heavy (non-hydrogen) atoms. The Kier molecular flexibility index (Phi) is 5.46. The first-order valence-electron chi connectivity index (χ1n) is 8.92.